The summed E-state index contributed by atoms with van der Waals surface area (Å²) < 4.78 is 28.9. The lowest BCUT2D eigenvalue weighted by atomic mass is 10.0. The first-order valence-electron chi connectivity index (χ1n) is 14.3. The number of nitrogens with one attached hydrogen (secondary N) is 1. The molecule has 0 aliphatic rings. The highest BCUT2D eigenvalue weighted by Gasteiger charge is 2.35. The highest BCUT2D eigenvalue weighted by Crippen LogP contribution is 2.29. The van der Waals surface area contributed by atoms with E-state index in [0.29, 0.717) is 5.56 Å². The lowest BCUT2D eigenvalue weighted by molar-refractivity contribution is -0.384. The number of rotatable bonds is 13. The number of non-ortho nitro benzene ring substituents is 1. The van der Waals surface area contributed by atoms with Crippen LogP contribution in [-0.4, -0.2) is 48.7 Å². The number of carbonyl (C=O) groups is 2. The topological polar surface area (TPSA) is 130 Å². The van der Waals surface area contributed by atoms with Crippen LogP contribution < -0.4 is 9.62 Å². The Balaban J connectivity index is 1.84. The number of amides is 2. The molecule has 0 aromatic heterocycles. The predicted molar refractivity (Wildman–Crippen MR) is 178 cm³/mol. The fourth-order valence-electron chi connectivity index (χ4n) is 4.78. The average molecular weight is 684 g/mol. The van der Waals surface area contributed by atoms with Gasteiger partial charge in [0.15, 0.2) is 0 Å². The molecule has 0 heterocycles. The minimum absolute atomic E-state index is 0.0183. The van der Waals surface area contributed by atoms with Gasteiger partial charge in [-0.15, -0.1) is 0 Å². The largest absolute Gasteiger partial charge is 0.352 e. The van der Waals surface area contributed by atoms with Gasteiger partial charge in [-0.2, -0.15) is 0 Å². The van der Waals surface area contributed by atoms with Gasteiger partial charge in [0.1, 0.15) is 12.6 Å². The first kappa shape index (κ1) is 34.4. The molecule has 1 unspecified atom stereocenters. The van der Waals surface area contributed by atoms with E-state index < -0.39 is 39.3 Å². The van der Waals surface area contributed by atoms with Gasteiger partial charge < -0.3 is 10.2 Å². The Kier molecular flexibility index (Phi) is 11.4. The van der Waals surface area contributed by atoms with Gasteiger partial charge in [-0.3, -0.25) is 24.0 Å². The summed E-state index contributed by atoms with van der Waals surface area (Å²) in [4.78, 5) is 40.1. The average Bonchev–Trinajstić information content (AvgIpc) is 3.03. The maximum atomic E-state index is 14.5. The van der Waals surface area contributed by atoms with Crippen LogP contribution in [0, 0.1) is 10.1 Å². The van der Waals surface area contributed by atoms with Gasteiger partial charge in [-0.1, -0.05) is 77.8 Å². The number of nitro benzene ring substituents is 1. The second-order valence-corrected chi connectivity index (χ2v) is 13.4. The second kappa shape index (κ2) is 15.2. The molecule has 46 heavy (non-hydrogen) atoms. The van der Waals surface area contributed by atoms with Gasteiger partial charge in [-0.25, -0.2) is 8.42 Å². The maximum Gasteiger partial charge on any atom is 0.269 e. The normalized spacial score (nSPS) is 11.9. The molecule has 4 aromatic carbocycles. The van der Waals surface area contributed by atoms with E-state index in [4.69, 9.17) is 23.2 Å². The van der Waals surface area contributed by atoms with Crippen molar-refractivity contribution in [3.8, 4) is 0 Å². The summed E-state index contributed by atoms with van der Waals surface area (Å²) >= 11 is 13.0. The molecule has 240 valence electrons. The molecular formula is C33H32Cl2N4O6S. The van der Waals surface area contributed by atoms with Crippen LogP contribution in [0.3, 0.4) is 0 Å². The van der Waals surface area contributed by atoms with Crippen molar-refractivity contribution in [2.75, 3.05) is 10.8 Å². The van der Waals surface area contributed by atoms with Crippen molar-refractivity contribution in [2.24, 2.45) is 0 Å². The summed E-state index contributed by atoms with van der Waals surface area (Å²) in [7, 11) is -4.37. The van der Waals surface area contributed by atoms with Crippen molar-refractivity contribution < 1.29 is 22.9 Å². The minimum Gasteiger partial charge on any atom is -0.352 e. The number of anilines is 1. The number of nitro groups is 1. The van der Waals surface area contributed by atoms with Crippen LogP contribution in [-0.2, 0) is 32.6 Å². The molecule has 4 aromatic rings. The van der Waals surface area contributed by atoms with Crippen molar-refractivity contribution in [3.05, 3.63) is 134 Å². The molecule has 0 saturated carbocycles. The van der Waals surface area contributed by atoms with E-state index in [-0.39, 0.29) is 45.3 Å². The predicted octanol–water partition coefficient (Wildman–Crippen LogP) is 6.26. The molecule has 0 aliphatic carbocycles. The molecule has 2 amide bonds. The molecule has 0 radical (unpaired) electrons. The third-order valence-corrected chi connectivity index (χ3v) is 9.55. The van der Waals surface area contributed by atoms with Gasteiger partial charge in [0.2, 0.25) is 11.8 Å². The maximum absolute atomic E-state index is 14.5. The van der Waals surface area contributed by atoms with Gasteiger partial charge >= 0.3 is 0 Å². The number of hydrogen-bond acceptors (Lipinski definition) is 6. The molecule has 13 heteroatoms. The van der Waals surface area contributed by atoms with E-state index in [1.807, 2.05) is 30.3 Å². The highest BCUT2D eigenvalue weighted by molar-refractivity contribution is 7.92. The number of halogens is 2. The minimum atomic E-state index is -4.37. The molecule has 0 aliphatic heterocycles. The van der Waals surface area contributed by atoms with Crippen molar-refractivity contribution >= 4 is 56.4 Å². The Morgan fingerprint density at radius 1 is 0.848 bits per heavy atom. The van der Waals surface area contributed by atoms with Crippen LogP contribution in [0.1, 0.15) is 25.0 Å². The van der Waals surface area contributed by atoms with Gasteiger partial charge in [0, 0.05) is 46.7 Å². The lowest BCUT2D eigenvalue weighted by Gasteiger charge is -2.34. The molecule has 0 fully saturated rings. The number of carbonyl (C=O) groups excluding carboxylic acids is 2. The van der Waals surface area contributed by atoms with Crippen LogP contribution in [0.25, 0.3) is 0 Å². The van der Waals surface area contributed by atoms with Crippen molar-refractivity contribution in [1.29, 1.82) is 0 Å². The zero-order chi connectivity index (χ0) is 33.4. The highest BCUT2D eigenvalue weighted by atomic mass is 35.5. The number of nitrogens with zero attached hydrogens (tertiary/aromatic N) is 3. The van der Waals surface area contributed by atoms with Crippen LogP contribution >= 0.6 is 23.2 Å². The molecular weight excluding hydrogens is 651 g/mol. The molecule has 0 bridgehead atoms. The summed E-state index contributed by atoms with van der Waals surface area (Å²) in [5, 5.41) is 14.7. The summed E-state index contributed by atoms with van der Waals surface area (Å²) in [5.74, 6) is -1.18. The molecule has 0 saturated heterocycles. The Morgan fingerprint density at radius 2 is 1.41 bits per heavy atom. The first-order chi connectivity index (χ1) is 21.9. The molecule has 10 nitrogen and oxygen atoms in total. The monoisotopic (exact) mass is 682 g/mol. The van der Waals surface area contributed by atoms with Crippen LogP contribution in [0.2, 0.25) is 10.0 Å². The van der Waals surface area contributed by atoms with Crippen LogP contribution in [0.4, 0.5) is 11.4 Å². The molecule has 1 atom stereocenters. The molecule has 0 spiro atoms. The van der Waals surface area contributed by atoms with E-state index in [0.717, 1.165) is 22.0 Å². The van der Waals surface area contributed by atoms with Gasteiger partial charge in [-0.05, 0) is 55.8 Å². The number of hydrogen-bond donors (Lipinski definition) is 1. The quantitative estimate of drug-likeness (QED) is 0.131. The SMILES string of the molecule is CC(C)NC(=O)C(Cc1ccccc1)N(Cc1c(Cl)cccc1Cl)C(=O)CN(c1ccc([N+](=O)[O-])cc1)S(=O)(=O)c1ccccc1. The number of benzene rings is 4. The van der Waals surface area contributed by atoms with E-state index in [9.17, 15) is 28.1 Å². The van der Waals surface area contributed by atoms with Crippen LogP contribution in [0.5, 0.6) is 0 Å². The van der Waals surface area contributed by atoms with Crippen molar-refractivity contribution in [2.45, 2.75) is 43.8 Å². The van der Waals surface area contributed by atoms with Gasteiger partial charge in [0.05, 0.1) is 15.5 Å². The smallest absolute Gasteiger partial charge is 0.269 e. The zero-order valence-corrected chi connectivity index (χ0v) is 27.4. The molecule has 1 N–H and O–H groups in total. The van der Waals surface area contributed by atoms with E-state index in [2.05, 4.69) is 5.32 Å². The fourth-order valence-corrected chi connectivity index (χ4v) is 6.73. The lowest BCUT2D eigenvalue weighted by Crippen LogP contribution is -2.54. The third kappa shape index (κ3) is 8.42. The Labute approximate surface area is 277 Å². The van der Waals surface area contributed by atoms with E-state index in [1.54, 1.807) is 50.2 Å². The zero-order valence-electron chi connectivity index (χ0n) is 25.0. The van der Waals surface area contributed by atoms with Crippen molar-refractivity contribution in [1.82, 2.24) is 10.2 Å². The van der Waals surface area contributed by atoms with E-state index >= 15 is 0 Å². The Bertz CT molecular complexity index is 1770. The van der Waals surface area contributed by atoms with E-state index in [1.165, 1.54) is 29.2 Å². The first-order valence-corrected chi connectivity index (χ1v) is 16.5. The Hall–Kier alpha value is -4.45. The fraction of sp³-hybridized carbons (Fsp3) is 0.212. The summed E-state index contributed by atoms with van der Waals surface area (Å²) in [5.41, 5.74) is 0.904. The summed E-state index contributed by atoms with van der Waals surface area (Å²) in [6.07, 6.45) is 0.107. The third-order valence-electron chi connectivity index (χ3n) is 7.05. The standard InChI is InChI=1S/C33H32Cl2N4O6S/c1-23(2)36-33(41)31(20-24-10-5-3-6-11-24)37(21-28-29(34)14-9-15-30(28)35)32(40)22-38(25-16-18-26(19-17-25)39(42)43)46(44,45)27-12-7-4-8-13-27/h3-19,23,31H,20-22H2,1-2H3,(H,36,41). The van der Waals surface area contributed by atoms with Gasteiger partial charge in [0.25, 0.3) is 15.7 Å². The summed E-state index contributed by atoms with van der Waals surface area (Å²) in [6.45, 7) is 2.63. The number of sulfonamides is 1. The second-order valence-electron chi connectivity index (χ2n) is 10.7. The summed E-state index contributed by atoms with van der Waals surface area (Å²) in [6, 6.07) is 24.9. The van der Waals surface area contributed by atoms with Crippen LogP contribution in [0.15, 0.2) is 108 Å². The Morgan fingerprint density at radius 3 is 1.96 bits per heavy atom. The van der Waals surface area contributed by atoms with Crippen molar-refractivity contribution in [3.63, 3.8) is 0 Å². The molecule has 4 rings (SSSR count).